The Labute approximate surface area is 145 Å². The molecule has 0 spiro atoms. The molecular formula is C21H16ClNO. The molecule has 0 aliphatic carbocycles. The number of halogens is 1. The first-order chi connectivity index (χ1) is 11.7. The molecule has 1 aromatic heterocycles. The number of hydrogen-bond donors (Lipinski definition) is 2. The molecule has 4 rings (SSSR count). The Balaban J connectivity index is 1.98. The third kappa shape index (κ3) is 2.41. The first-order valence-electron chi connectivity index (χ1n) is 7.80. The minimum atomic E-state index is -1.26. The van der Waals surface area contributed by atoms with E-state index >= 15 is 0 Å². The minimum Gasteiger partial charge on any atom is -0.375 e. The number of benzene rings is 3. The molecule has 4 aromatic rings. The third-order valence-electron chi connectivity index (χ3n) is 4.36. The average molecular weight is 334 g/mol. The lowest BCUT2D eigenvalue weighted by molar-refractivity contribution is 0.121. The van der Waals surface area contributed by atoms with Crippen LogP contribution in [0.5, 0.6) is 0 Å². The Bertz CT molecular complexity index is 937. The molecule has 0 aliphatic rings. The lowest BCUT2D eigenvalue weighted by Gasteiger charge is -2.28. The first kappa shape index (κ1) is 15.0. The van der Waals surface area contributed by atoms with Gasteiger partial charge in [0.25, 0.3) is 0 Å². The number of aliphatic hydroxyl groups is 1. The second kappa shape index (κ2) is 5.82. The van der Waals surface area contributed by atoms with E-state index in [-0.39, 0.29) is 0 Å². The van der Waals surface area contributed by atoms with Crippen LogP contribution >= 0.6 is 11.6 Å². The van der Waals surface area contributed by atoms with E-state index in [0.29, 0.717) is 5.02 Å². The Morgan fingerprint density at radius 2 is 1.33 bits per heavy atom. The van der Waals surface area contributed by atoms with Gasteiger partial charge < -0.3 is 10.1 Å². The highest BCUT2D eigenvalue weighted by Crippen LogP contribution is 2.37. The highest BCUT2D eigenvalue weighted by molar-refractivity contribution is 6.31. The van der Waals surface area contributed by atoms with E-state index in [9.17, 15) is 5.11 Å². The summed E-state index contributed by atoms with van der Waals surface area (Å²) in [6.45, 7) is 0. The molecule has 0 amide bonds. The van der Waals surface area contributed by atoms with E-state index < -0.39 is 5.60 Å². The summed E-state index contributed by atoms with van der Waals surface area (Å²) >= 11 is 6.09. The predicted octanol–water partition coefficient (Wildman–Crippen LogP) is 5.11. The number of H-pyrrole nitrogens is 1. The molecule has 3 aromatic carbocycles. The fraction of sp³-hybridized carbons (Fsp3) is 0.0476. The zero-order valence-corrected chi connectivity index (χ0v) is 13.7. The van der Waals surface area contributed by atoms with E-state index in [1.165, 1.54) is 0 Å². The maximum Gasteiger partial charge on any atom is 0.155 e. The van der Waals surface area contributed by atoms with Gasteiger partial charge in [-0.15, -0.1) is 0 Å². The summed E-state index contributed by atoms with van der Waals surface area (Å²) in [5, 5.41) is 13.4. The van der Waals surface area contributed by atoms with Gasteiger partial charge in [-0.1, -0.05) is 78.3 Å². The van der Waals surface area contributed by atoms with Crippen LogP contribution in [-0.2, 0) is 5.60 Å². The van der Waals surface area contributed by atoms with Crippen molar-refractivity contribution in [1.29, 1.82) is 0 Å². The summed E-state index contributed by atoms with van der Waals surface area (Å²) in [7, 11) is 0. The van der Waals surface area contributed by atoms with Crippen LogP contribution in [0.2, 0.25) is 5.02 Å². The van der Waals surface area contributed by atoms with Crippen molar-refractivity contribution in [3.8, 4) is 0 Å². The molecule has 3 heteroatoms. The molecule has 2 nitrogen and oxygen atoms in total. The van der Waals surface area contributed by atoms with Crippen molar-refractivity contribution >= 4 is 22.5 Å². The molecule has 0 bridgehead atoms. The molecular weight excluding hydrogens is 318 g/mol. The summed E-state index contributed by atoms with van der Waals surface area (Å²) in [6, 6.07) is 27.0. The van der Waals surface area contributed by atoms with Gasteiger partial charge in [-0.3, -0.25) is 0 Å². The molecule has 0 unspecified atom stereocenters. The average Bonchev–Trinajstić information content (AvgIpc) is 3.06. The molecule has 24 heavy (non-hydrogen) atoms. The normalized spacial score (nSPS) is 11.8. The molecule has 118 valence electrons. The van der Waals surface area contributed by atoms with Gasteiger partial charge in [0.2, 0.25) is 0 Å². The monoisotopic (exact) mass is 333 g/mol. The number of hydrogen-bond acceptors (Lipinski definition) is 1. The maximum absolute atomic E-state index is 11.7. The van der Waals surface area contributed by atoms with Gasteiger partial charge in [0.1, 0.15) is 0 Å². The molecule has 1 heterocycles. The Morgan fingerprint density at radius 1 is 0.750 bits per heavy atom. The summed E-state index contributed by atoms with van der Waals surface area (Å²) in [6.07, 6.45) is 0. The van der Waals surface area contributed by atoms with Gasteiger partial charge in [0.05, 0.1) is 5.69 Å². The fourth-order valence-corrected chi connectivity index (χ4v) is 3.30. The van der Waals surface area contributed by atoms with Crippen molar-refractivity contribution < 1.29 is 5.11 Å². The summed E-state index contributed by atoms with van der Waals surface area (Å²) in [5.74, 6) is 0. The molecule has 2 N–H and O–H groups in total. The highest BCUT2D eigenvalue weighted by atomic mass is 35.5. The van der Waals surface area contributed by atoms with Gasteiger partial charge in [-0.25, -0.2) is 0 Å². The SMILES string of the molecule is OC(c1ccccc1)(c1ccccc1)c1cc2ccc(Cl)cc2[nH]1. The number of nitrogens with one attached hydrogen (secondary N) is 1. The Morgan fingerprint density at radius 3 is 1.92 bits per heavy atom. The third-order valence-corrected chi connectivity index (χ3v) is 4.59. The second-order valence-electron chi connectivity index (χ2n) is 5.86. The van der Waals surface area contributed by atoms with Crippen LogP contribution in [0.1, 0.15) is 16.8 Å². The van der Waals surface area contributed by atoms with Crippen LogP contribution in [0, 0.1) is 0 Å². The topological polar surface area (TPSA) is 36.0 Å². The number of aromatic nitrogens is 1. The van der Waals surface area contributed by atoms with Gasteiger partial charge in [-0.2, -0.15) is 0 Å². The van der Waals surface area contributed by atoms with Crippen LogP contribution < -0.4 is 0 Å². The van der Waals surface area contributed by atoms with Crippen molar-refractivity contribution in [2.24, 2.45) is 0 Å². The Hall–Kier alpha value is -2.55. The second-order valence-corrected chi connectivity index (χ2v) is 6.29. The number of rotatable bonds is 3. The zero-order chi connectivity index (χ0) is 16.6. The molecule has 0 fully saturated rings. The lowest BCUT2D eigenvalue weighted by atomic mass is 9.83. The molecule has 0 radical (unpaired) electrons. The van der Waals surface area contributed by atoms with E-state index in [0.717, 1.165) is 27.7 Å². The van der Waals surface area contributed by atoms with Crippen molar-refractivity contribution in [3.05, 3.63) is 107 Å². The van der Waals surface area contributed by atoms with Crippen LogP contribution in [0.25, 0.3) is 10.9 Å². The van der Waals surface area contributed by atoms with Gasteiger partial charge in [-0.05, 0) is 34.7 Å². The van der Waals surface area contributed by atoms with Crippen molar-refractivity contribution in [3.63, 3.8) is 0 Å². The zero-order valence-electron chi connectivity index (χ0n) is 12.9. The summed E-state index contributed by atoms with van der Waals surface area (Å²) in [4.78, 5) is 3.34. The van der Waals surface area contributed by atoms with Crippen LogP contribution in [0.15, 0.2) is 84.9 Å². The van der Waals surface area contributed by atoms with Crippen molar-refractivity contribution in [1.82, 2.24) is 4.98 Å². The lowest BCUT2D eigenvalue weighted by Crippen LogP contribution is -2.29. The molecule has 0 saturated carbocycles. The van der Waals surface area contributed by atoms with Gasteiger partial charge in [0.15, 0.2) is 5.60 Å². The molecule has 0 aliphatic heterocycles. The van der Waals surface area contributed by atoms with E-state index in [1.54, 1.807) is 0 Å². The van der Waals surface area contributed by atoms with Crippen LogP contribution in [0.3, 0.4) is 0 Å². The maximum atomic E-state index is 11.7. The van der Waals surface area contributed by atoms with Gasteiger partial charge in [0, 0.05) is 10.5 Å². The van der Waals surface area contributed by atoms with Crippen LogP contribution in [-0.4, -0.2) is 10.1 Å². The summed E-state index contributed by atoms with van der Waals surface area (Å²) < 4.78 is 0. The minimum absolute atomic E-state index is 0.666. The fourth-order valence-electron chi connectivity index (χ4n) is 3.13. The predicted molar refractivity (Wildman–Crippen MR) is 98.3 cm³/mol. The van der Waals surface area contributed by atoms with Crippen molar-refractivity contribution in [2.45, 2.75) is 5.60 Å². The highest BCUT2D eigenvalue weighted by Gasteiger charge is 2.35. The van der Waals surface area contributed by atoms with Crippen molar-refractivity contribution in [2.75, 3.05) is 0 Å². The van der Waals surface area contributed by atoms with Crippen LogP contribution in [0.4, 0.5) is 0 Å². The standard InChI is InChI=1S/C21H16ClNO/c22-18-12-11-15-13-20(23-19(15)14-18)21(24,16-7-3-1-4-8-16)17-9-5-2-6-10-17/h1-14,23-24H. The first-order valence-corrected chi connectivity index (χ1v) is 8.18. The largest absolute Gasteiger partial charge is 0.375 e. The Kier molecular flexibility index (Phi) is 3.64. The smallest absolute Gasteiger partial charge is 0.155 e. The summed E-state index contributed by atoms with van der Waals surface area (Å²) in [5.41, 5.74) is 2.00. The van der Waals surface area contributed by atoms with Gasteiger partial charge >= 0.3 is 0 Å². The quantitative estimate of drug-likeness (QED) is 0.537. The number of fused-ring (bicyclic) bond motifs is 1. The molecule has 0 saturated heterocycles. The van der Waals surface area contributed by atoms with E-state index in [1.807, 2.05) is 84.9 Å². The van der Waals surface area contributed by atoms with E-state index in [4.69, 9.17) is 11.6 Å². The number of aromatic amines is 1. The van der Waals surface area contributed by atoms with E-state index in [2.05, 4.69) is 4.98 Å². The molecule has 0 atom stereocenters.